The molecular weight excluding hydrogens is 330 g/mol. The van der Waals surface area contributed by atoms with Crippen LogP contribution in [0.3, 0.4) is 0 Å². The average molecular weight is 351 g/mol. The molecule has 0 aliphatic rings. The number of aromatic amines is 1. The van der Waals surface area contributed by atoms with Crippen molar-refractivity contribution in [3.05, 3.63) is 29.8 Å². The fraction of sp³-hybridized carbons (Fsp3) is 0.429. The Hall–Kier alpha value is -1.37. The van der Waals surface area contributed by atoms with E-state index in [0.29, 0.717) is 18.5 Å². The second-order valence-electron chi connectivity index (χ2n) is 5.03. The van der Waals surface area contributed by atoms with Crippen molar-refractivity contribution in [2.75, 3.05) is 6.54 Å². The number of hydrogen-bond donors (Lipinski definition) is 3. The molecule has 0 fully saturated rings. The van der Waals surface area contributed by atoms with E-state index in [1.54, 1.807) is 19.9 Å². The van der Waals surface area contributed by atoms with E-state index >= 15 is 0 Å². The number of fused-ring (bicyclic) bond motifs is 1. The molecule has 0 bridgehead atoms. The van der Waals surface area contributed by atoms with E-state index in [1.165, 1.54) is 12.1 Å². The van der Waals surface area contributed by atoms with Crippen LogP contribution in [0.1, 0.15) is 19.7 Å². The normalized spacial score (nSPS) is 12.9. The van der Waals surface area contributed by atoms with Crippen LogP contribution in [0, 0.1) is 11.7 Å². The number of carbonyl (C=O) groups is 1. The molecule has 2 aromatic rings. The first kappa shape index (κ1) is 20.6. The van der Waals surface area contributed by atoms with Crippen LogP contribution in [0.2, 0.25) is 0 Å². The van der Waals surface area contributed by atoms with Gasteiger partial charge in [-0.1, -0.05) is 6.92 Å². The Balaban J connectivity index is 0.00000220. The number of nitrogens with two attached hydrogens (primary N) is 1. The molecule has 0 spiro atoms. The van der Waals surface area contributed by atoms with E-state index < -0.39 is 0 Å². The molecule has 2 unspecified atom stereocenters. The Labute approximate surface area is 141 Å². The summed E-state index contributed by atoms with van der Waals surface area (Å²) in [5, 5.41) is 2.81. The van der Waals surface area contributed by atoms with Crippen molar-refractivity contribution < 1.29 is 9.18 Å². The van der Waals surface area contributed by atoms with Crippen molar-refractivity contribution in [3.8, 4) is 0 Å². The molecule has 2 rings (SSSR count). The topological polar surface area (TPSA) is 83.8 Å². The number of rotatable bonds is 5. The second kappa shape index (κ2) is 8.92. The highest BCUT2D eigenvalue weighted by atomic mass is 35.5. The van der Waals surface area contributed by atoms with E-state index in [0.717, 1.165) is 11.3 Å². The van der Waals surface area contributed by atoms with Crippen LogP contribution in [-0.2, 0) is 11.2 Å². The van der Waals surface area contributed by atoms with Crippen molar-refractivity contribution in [3.63, 3.8) is 0 Å². The Morgan fingerprint density at radius 3 is 2.73 bits per heavy atom. The number of H-pyrrole nitrogens is 1. The fourth-order valence-electron chi connectivity index (χ4n) is 1.86. The van der Waals surface area contributed by atoms with Gasteiger partial charge >= 0.3 is 0 Å². The maximum Gasteiger partial charge on any atom is 0.224 e. The van der Waals surface area contributed by atoms with Crippen molar-refractivity contribution in [2.45, 2.75) is 26.3 Å². The monoisotopic (exact) mass is 350 g/mol. The summed E-state index contributed by atoms with van der Waals surface area (Å²) in [5.41, 5.74) is 7.05. The number of aromatic nitrogens is 2. The van der Waals surface area contributed by atoms with Crippen molar-refractivity contribution in [2.24, 2.45) is 11.7 Å². The minimum Gasteiger partial charge on any atom is -0.355 e. The molecule has 1 heterocycles. The van der Waals surface area contributed by atoms with Gasteiger partial charge in [-0.05, 0) is 25.1 Å². The van der Waals surface area contributed by atoms with Crippen LogP contribution < -0.4 is 11.1 Å². The van der Waals surface area contributed by atoms with Gasteiger partial charge in [0.05, 0.1) is 11.0 Å². The zero-order valence-corrected chi connectivity index (χ0v) is 14.1. The molecule has 4 N–H and O–H groups in total. The smallest absolute Gasteiger partial charge is 0.224 e. The number of nitrogens with zero attached hydrogens (tertiary/aromatic N) is 1. The summed E-state index contributed by atoms with van der Waals surface area (Å²) in [6.07, 6.45) is 0.563. The Morgan fingerprint density at radius 2 is 2.09 bits per heavy atom. The predicted octanol–water partition coefficient (Wildman–Crippen LogP) is 2.19. The van der Waals surface area contributed by atoms with Gasteiger partial charge in [-0.2, -0.15) is 0 Å². The third kappa shape index (κ3) is 5.12. The fourth-order valence-corrected chi connectivity index (χ4v) is 1.86. The van der Waals surface area contributed by atoms with Gasteiger partial charge in [0.15, 0.2) is 0 Å². The molecule has 0 aliphatic carbocycles. The summed E-state index contributed by atoms with van der Waals surface area (Å²) in [7, 11) is 0. The third-order valence-electron chi connectivity index (χ3n) is 3.36. The van der Waals surface area contributed by atoms with Gasteiger partial charge in [-0.25, -0.2) is 9.37 Å². The van der Waals surface area contributed by atoms with Gasteiger partial charge in [0.2, 0.25) is 5.91 Å². The highest BCUT2D eigenvalue weighted by molar-refractivity contribution is 5.85. The first-order chi connectivity index (χ1) is 9.47. The lowest BCUT2D eigenvalue weighted by molar-refractivity contribution is -0.124. The Kier molecular flexibility index (Phi) is 8.37. The minimum atomic E-state index is -0.299. The number of halogens is 3. The van der Waals surface area contributed by atoms with Gasteiger partial charge in [-0.15, -0.1) is 24.8 Å². The average Bonchev–Trinajstić information content (AvgIpc) is 2.79. The summed E-state index contributed by atoms with van der Waals surface area (Å²) < 4.78 is 13.1. The molecule has 0 saturated heterocycles. The maximum atomic E-state index is 13.1. The van der Waals surface area contributed by atoms with Gasteiger partial charge in [0.1, 0.15) is 11.6 Å². The molecule has 0 aliphatic heterocycles. The quantitative estimate of drug-likeness (QED) is 0.772. The van der Waals surface area contributed by atoms with E-state index in [4.69, 9.17) is 5.73 Å². The molecule has 0 radical (unpaired) electrons. The number of carbonyl (C=O) groups excluding carboxylic acids is 1. The first-order valence-electron chi connectivity index (χ1n) is 6.65. The lowest BCUT2D eigenvalue weighted by Gasteiger charge is -2.14. The zero-order valence-electron chi connectivity index (χ0n) is 12.4. The minimum absolute atomic E-state index is 0. The number of hydrogen-bond acceptors (Lipinski definition) is 3. The van der Waals surface area contributed by atoms with E-state index in [2.05, 4.69) is 15.3 Å². The van der Waals surface area contributed by atoms with Crippen molar-refractivity contribution in [1.82, 2.24) is 15.3 Å². The Bertz CT molecular complexity index is 618. The zero-order chi connectivity index (χ0) is 14.7. The van der Waals surface area contributed by atoms with Crippen LogP contribution in [0.5, 0.6) is 0 Å². The predicted molar refractivity (Wildman–Crippen MR) is 90.1 cm³/mol. The molecule has 5 nitrogen and oxygen atoms in total. The first-order valence-corrected chi connectivity index (χ1v) is 6.65. The van der Waals surface area contributed by atoms with Gasteiger partial charge < -0.3 is 16.0 Å². The molecule has 8 heteroatoms. The lowest BCUT2D eigenvalue weighted by atomic mass is 10.0. The van der Waals surface area contributed by atoms with Gasteiger partial charge in [-0.3, -0.25) is 4.79 Å². The SMILES string of the molecule is CC(N)C(C)C(=O)NCCc1nc2ccc(F)cc2[nH]1.Cl.Cl. The van der Waals surface area contributed by atoms with Crippen LogP contribution in [0.4, 0.5) is 4.39 Å². The molecule has 2 atom stereocenters. The van der Waals surface area contributed by atoms with Crippen LogP contribution in [-0.4, -0.2) is 28.5 Å². The summed E-state index contributed by atoms with van der Waals surface area (Å²) in [4.78, 5) is 19.1. The van der Waals surface area contributed by atoms with Crippen LogP contribution >= 0.6 is 24.8 Å². The third-order valence-corrected chi connectivity index (χ3v) is 3.36. The van der Waals surface area contributed by atoms with Gasteiger partial charge in [0, 0.05) is 24.9 Å². The molecule has 1 aromatic carbocycles. The highest BCUT2D eigenvalue weighted by Gasteiger charge is 2.16. The van der Waals surface area contributed by atoms with E-state index in [-0.39, 0.29) is 48.5 Å². The van der Waals surface area contributed by atoms with E-state index in [1.807, 2.05) is 0 Å². The van der Waals surface area contributed by atoms with Crippen molar-refractivity contribution in [1.29, 1.82) is 0 Å². The van der Waals surface area contributed by atoms with Crippen LogP contribution in [0.15, 0.2) is 18.2 Å². The Morgan fingerprint density at radius 1 is 1.41 bits per heavy atom. The number of nitrogens with one attached hydrogen (secondary N) is 2. The van der Waals surface area contributed by atoms with Crippen LogP contribution in [0.25, 0.3) is 11.0 Å². The summed E-state index contributed by atoms with van der Waals surface area (Å²) in [6.45, 7) is 4.07. The molecule has 0 saturated carbocycles. The molecule has 22 heavy (non-hydrogen) atoms. The molecule has 1 amide bonds. The van der Waals surface area contributed by atoms with E-state index in [9.17, 15) is 9.18 Å². The summed E-state index contributed by atoms with van der Waals surface area (Å²) in [6, 6.07) is 4.23. The largest absolute Gasteiger partial charge is 0.355 e. The molecule has 124 valence electrons. The highest BCUT2D eigenvalue weighted by Crippen LogP contribution is 2.13. The molecule has 1 aromatic heterocycles. The van der Waals surface area contributed by atoms with Gasteiger partial charge in [0.25, 0.3) is 0 Å². The second-order valence-corrected chi connectivity index (χ2v) is 5.03. The van der Waals surface area contributed by atoms with Crippen molar-refractivity contribution >= 4 is 41.8 Å². The number of amides is 1. The lowest BCUT2D eigenvalue weighted by Crippen LogP contribution is -2.39. The summed E-state index contributed by atoms with van der Waals surface area (Å²) in [5.74, 6) is 0.132. The maximum absolute atomic E-state index is 13.1. The number of benzene rings is 1. The standard InChI is InChI=1S/C14H19FN4O.2ClH/c1-8(9(2)16)14(20)17-6-5-13-18-11-4-3-10(15)7-12(11)19-13;;/h3-4,7-9H,5-6,16H2,1-2H3,(H,17,20)(H,18,19);2*1H. The summed E-state index contributed by atoms with van der Waals surface area (Å²) >= 11 is 0. The molecular formula is C14H21Cl2FN4O. The number of imidazole rings is 1.